The second-order valence-electron chi connectivity index (χ2n) is 6.94. The Balaban J connectivity index is 1.59. The number of ether oxygens (including phenoxy) is 2. The summed E-state index contributed by atoms with van der Waals surface area (Å²) in [4.78, 5) is 12.2. The van der Waals surface area contributed by atoms with Crippen LogP contribution in [0.4, 0.5) is 11.4 Å². The minimum absolute atomic E-state index is 0.0692. The maximum atomic E-state index is 12.6. The Morgan fingerprint density at radius 1 is 0.871 bits per heavy atom. The third-order valence-electron chi connectivity index (χ3n) is 4.62. The molecule has 0 unspecified atom stereocenters. The van der Waals surface area contributed by atoms with Crippen LogP contribution in [0.2, 0.25) is 0 Å². The molecule has 1 amide bonds. The van der Waals surface area contributed by atoms with Crippen LogP contribution in [0, 0.1) is 13.8 Å². The molecule has 8 heteroatoms. The first-order valence-electron chi connectivity index (χ1n) is 9.54. The second kappa shape index (κ2) is 9.53. The van der Waals surface area contributed by atoms with Crippen LogP contribution in [0.1, 0.15) is 11.1 Å². The van der Waals surface area contributed by atoms with Crippen molar-refractivity contribution in [2.45, 2.75) is 18.7 Å². The van der Waals surface area contributed by atoms with E-state index in [2.05, 4.69) is 10.0 Å². The molecule has 0 aliphatic heterocycles. The largest absolute Gasteiger partial charge is 0.497 e. The molecule has 162 valence electrons. The zero-order valence-electron chi connectivity index (χ0n) is 17.5. The summed E-state index contributed by atoms with van der Waals surface area (Å²) < 4.78 is 38.3. The van der Waals surface area contributed by atoms with E-state index < -0.39 is 10.0 Å². The van der Waals surface area contributed by atoms with E-state index in [9.17, 15) is 13.2 Å². The van der Waals surface area contributed by atoms with Gasteiger partial charge in [0.25, 0.3) is 15.9 Å². The van der Waals surface area contributed by atoms with E-state index in [4.69, 9.17) is 9.47 Å². The van der Waals surface area contributed by atoms with Crippen LogP contribution >= 0.6 is 0 Å². The van der Waals surface area contributed by atoms with Gasteiger partial charge >= 0.3 is 0 Å². The lowest BCUT2D eigenvalue weighted by molar-refractivity contribution is -0.118. The summed E-state index contributed by atoms with van der Waals surface area (Å²) in [5.41, 5.74) is 3.08. The van der Waals surface area contributed by atoms with Gasteiger partial charge in [-0.05, 0) is 73.5 Å². The molecule has 3 rings (SSSR count). The molecule has 0 saturated heterocycles. The number of rotatable bonds is 8. The van der Waals surface area contributed by atoms with Gasteiger partial charge in [-0.25, -0.2) is 8.42 Å². The fraction of sp³-hybridized carbons (Fsp3) is 0.174. The minimum Gasteiger partial charge on any atom is -0.497 e. The van der Waals surface area contributed by atoms with Crippen LogP contribution in [-0.2, 0) is 14.8 Å². The van der Waals surface area contributed by atoms with Gasteiger partial charge in [0.05, 0.1) is 17.7 Å². The van der Waals surface area contributed by atoms with Crippen molar-refractivity contribution in [3.8, 4) is 11.5 Å². The first-order valence-corrected chi connectivity index (χ1v) is 11.0. The van der Waals surface area contributed by atoms with Gasteiger partial charge in [-0.1, -0.05) is 12.1 Å². The van der Waals surface area contributed by atoms with E-state index in [1.807, 2.05) is 32.0 Å². The Bertz CT molecular complexity index is 1170. The second-order valence-corrected chi connectivity index (χ2v) is 8.63. The van der Waals surface area contributed by atoms with E-state index in [0.29, 0.717) is 22.9 Å². The van der Waals surface area contributed by atoms with Crippen molar-refractivity contribution >= 4 is 27.3 Å². The Morgan fingerprint density at radius 3 is 2.29 bits per heavy atom. The van der Waals surface area contributed by atoms with Gasteiger partial charge in [0, 0.05) is 11.8 Å². The zero-order chi connectivity index (χ0) is 22.4. The van der Waals surface area contributed by atoms with Crippen molar-refractivity contribution in [2.75, 3.05) is 23.8 Å². The molecule has 0 aliphatic rings. The molecule has 0 radical (unpaired) electrons. The molecule has 3 aromatic rings. The average Bonchev–Trinajstić information content (AvgIpc) is 2.75. The Kier molecular flexibility index (Phi) is 6.81. The van der Waals surface area contributed by atoms with Crippen molar-refractivity contribution < 1.29 is 22.7 Å². The lowest BCUT2D eigenvalue weighted by Crippen LogP contribution is -2.20. The van der Waals surface area contributed by atoms with Crippen molar-refractivity contribution in [2.24, 2.45) is 0 Å². The predicted molar refractivity (Wildman–Crippen MR) is 120 cm³/mol. The third kappa shape index (κ3) is 5.99. The number of aryl methyl sites for hydroxylation is 2. The van der Waals surface area contributed by atoms with Gasteiger partial charge in [0.1, 0.15) is 11.5 Å². The van der Waals surface area contributed by atoms with Crippen molar-refractivity contribution in [3.63, 3.8) is 0 Å². The quantitative estimate of drug-likeness (QED) is 0.549. The topological polar surface area (TPSA) is 93.7 Å². The molecular weight excluding hydrogens is 416 g/mol. The average molecular weight is 441 g/mol. The molecular formula is C23H24N2O5S. The number of anilines is 2. The highest BCUT2D eigenvalue weighted by Crippen LogP contribution is 2.22. The van der Waals surface area contributed by atoms with Gasteiger partial charge in [0.2, 0.25) is 0 Å². The Hall–Kier alpha value is -3.52. The number of methoxy groups -OCH3 is 1. The lowest BCUT2D eigenvalue weighted by atomic mass is 10.1. The van der Waals surface area contributed by atoms with Crippen LogP contribution in [0.15, 0.2) is 71.6 Å². The number of carbonyl (C=O) groups excluding carboxylic acids is 1. The first-order chi connectivity index (χ1) is 14.8. The van der Waals surface area contributed by atoms with Crippen LogP contribution in [0.5, 0.6) is 11.5 Å². The summed E-state index contributed by atoms with van der Waals surface area (Å²) in [5, 5.41) is 2.69. The predicted octanol–water partition coefficient (Wildman–Crippen LogP) is 4.13. The number of amides is 1. The highest BCUT2D eigenvalue weighted by molar-refractivity contribution is 7.92. The SMILES string of the molecule is COc1cccc(NS(=O)(=O)c2ccc(NC(=O)COc3ccc(C)c(C)c3)cc2)c1. The van der Waals surface area contributed by atoms with E-state index >= 15 is 0 Å². The molecule has 3 aromatic carbocycles. The third-order valence-corrected chi connectivity index (χ3v) is 6.02. The van der Waals surface area contributed by atoms with Crippen molar-refractivity contribution in [3.05, 3.63) is 77.9 Å². The van der Waals surface area contributed by atoms with Gasteiger partial charge in [-0.3, -0.25) is 9.52 Å². The summed E-state index contributed by atoms with van der Waals surface area (Å²) in [6, 6.07) is 18.1. The highest BCUT2D eigenvalue weighted by Gasteiger charge is 2.15. The zero-order valence-corrected chi connectivity index (χ0v) is 18.3. The van der Waals surface area contributed by atoms with Crippen LogP contribution in [-0.4, -0.2) is 28.0 Å². The van der Waals surface area contributed by atoms with Crippen molar-refractivity contribution in [1.82, 2.24) is 0 Å². The molecule has 0 atom stereocenters. The highest BCUT2D eigenvalue weighted by atomic mass is 32.2. The molecule has 0 fully saturated rings. The molecule has 2 N–H and O–H groups in total. The van der Waals surface area contributed by atoms with Gasteiger partial charge < -0.3 is 14.8 Å². The van der Waals surface area contributed by atoms with Gasteiger partial charge in [0.15, 0.2) is 6.61 Å². The molecule has 0 spiro atoms. The smallest absolute Gasteiger partial charge is 0.262 e. The fourth-order valence-electron chi connectivity index (χ4n) is 2.77. The number of nitrogens with one attached hydrogen (secondary N) is 2. The first kappa shape index (κ1) is 22.2. The number of hydrogen-bond acceptors (Lipinski definition) is 5. The summed E-state index contributed by atoms with van der Waals surface area (Å²) >= 11 is 0. The van der Waals surface area contributed by atoms with Crippen LogP contribution in [0.3, 0.4) is 0 Å². The standard InChI is InChI=1S/C23H24N2O5S/c1-16-7-10-21(13-17(16)2)30-15-23(26)24-18-8-11-22(12-9-18)31(27,28)25-19-5-4-6-20(14-19)29-3/h4-14,25H,15H2,1-3H3,(H,24,26). The summed E-state index contributed by atoms with van der Waals surface area (Å²) in [6.45, 7) is 3.82. The molecule has 0 bridgehead atoms. The molecule has 0 aromatic heterocycles. The Morgan fingerprint density at radius 2 is 1.61 bits per heavy atom. The molecule has 0 heterocycles. The number of carbonyl (C=O) groups is 1. The summed E-state index contributed by atoms with van der Waals surface area (Å²) in [7, 11) is -2.27. The van der Waals surface area contributed by atoms with E-state index in [1.165, 1.54) is 31.4 Å². The van der Waals surface area contributed by atoms with E-state index in [0.717, 1.165) is 11.1 Å². The number of benzene rings is 3. The number of sulfonamides is 1. The lowest BCUT2D eigenvalue weighted by Gasteiger charge is -2.11. The van der Waals surface area contributed by atoms with Gasteiger partial charge in [-0.2, -0.15) is 0 Å². The minimum atomic E-state index is -3.78. The monoisotopic (exact) mass is 440 g/mol. The maximum absolute atomic E-state index is 12.6. The van der Waals surface area contributed by atoms with Crippen LogP contribution < -0.4 is 19.5 Å². The molecule has 0 saturated carbocycles. The molecule has 0 aliphatic carbocycles. The number of hydrogen-bond donors (Lipinski definition) is 2. The summed E-state index contributed by atoms with van der Waals surface area (Å²) in [5.74, 6) is 0.813. The maximum Gasteiger partial charge on any atom is 0.262 e. The Labute approximate surface area is 182 Å². The van der Waals surface area contributed by atoms with Gasteiger partial charge in [-0.15, -0.1) is 0 Å². The fourth-order valence-corrected chi connectivity index (χ4v) is 3.82. The molecule has 31 heavy (non-hydrogen) atoms. The molecule has 7 nitrogen and oxygen atoms in total. The van der Waals surface area contributed by atoms with E-state index in [1.54, 1.807) is 24.3 Å². The van der Waals surface area contributed by atoms with Crippen LogP contribution in [0.25, 0.3) is 0 Å². The van der Waals surface area contributed by atoms with Crippen molar-refractivity contribution in [1.29, 1.82) is 0 Å². The summed E-state index contributed by atoms with van der Waals surface area (Å²) in [6.07, 6.45) is 0. The normalized spacial score (nSPS) is 10.9. The van der Waals surface area contributed by atoms with E-state index in [-0.39, 0.29) is 17.4 Å².